The van der Waals surface area contributed by atoms with Crippen LogP contribution in [0.1, 0.15) is 64.8 Å². The quantitative estimate of drug-likeness (QED) is 0.503. The minimum Gasteiger partial charge on any atom is -0.452 e. The van der Waals surface area contributed by atoms with Gasteiger partial charge in [0.25, 0.3) is 5.91 Å². The molecule has 2 aromatic rings. The topological polar surface area (TPSA) is 102 Å². The number of imide groups is 1. The lowest BCUT2D eigenvalue weighted by molar-refractivity contribution is -0.123. The van der Waals surface area contributed by atoms with E-state index in [2.05, 4.69) is 10.6 Å². The Balaban J connectivity index is 1.16. The number of ketones is 1. The van der Waals surface area contributed by atoms with Gasteiger partial charge in [-0.1, -0.05) is 48.5 Å². The van der Waals surface area contributed by atoms with E-state index in [1.807, 2.05) is 0 Å². The fourth-order valence-corrected chi connectivity index (χ4v) is 6.51. The Bertz CT molecular complexity index is 1090. The van der Waals surface area contributed by atoms with Crippen molar-refractivity contribution < 1.29 is 23.9 Å². The van der Waals surface area contributed by atoms with Crippen molar-refractivity contribution in [2.45, 2.75) is 44.1 Å². The van der Waals surface area contributed by atoms with Crippen LogP contribution in [0.2, 0.25) is 0 Å². The van der Waals surface area contributed by atoms with Gasteiger partial charge in [0.15, 0.2) is 12.4 Å². The van der Waals surface area contributed by atoms with Gasteiger partial charge in [-0.25, -0.2) is 9.59 Å². The highest BCUT2D eigenvalue weighted by atomic mass is 16.5. The predicted molar refractivity (Wildman–Crippen MR) is 124 cm³/mol. The van der Waals surface area contributed by atoms with Gasteiger partial charge in [-0.3, -0.25) is 14.9 Å². The molecule has 0 atom stereocenters. The summed E-state index contributed by atoms with van der Waals surface area (Å²) in [4.78, 5) is 50.3. The van der Waals surface area contributed by atoms with Crippen LogP contribution >= 0.6 is 0 Å². The molecule has 0 unspecified atom stereocenters. The molecular formula is C27H28N2O5. The molecule has 0 aliphatic heterocycles. The van der Waals surface area contributed by atoms with Gasteiger partial charge < -0.3 is 10.1 Å². The molecule has 7 heteroatoms. The summed E-state index contributed by atoms with van der Waals surface area (Å²) in [5, 5.41) is 5.35. The monoisotopic (exact) mass is 460 g/mol. The first-order chi connectivity index (χ1) is 16.4. The second kappa shape index (κ2) is 9.05. The number of nitrogens with one attached hydrogen (secondary N) is 2. The maximum absolute atomic E-state index is 12.8. The normalized spacial score (nSPS) is 26.5. The third-order valence-electron chi connectivity index (χ3n) is 7.43. The van der Waals surface area contributed by atoms with E-state index in [0.29, 0.717) is 23.3 Å². The van der Waals surface area contributed by atoms with Gasteiger partial charge in [0, 0.05) is 16.7 Å². The van der Waals surface area contributed by atoms with E-state index in [1.165, 1.54) is 25.3 Å². The molecule has 0 saturated heterocycles. The van der Waals surface area contributed by atoms with Gasteiger partial charge in [-0.2, -0.15) is 0 Å². The van der Waals surface area contributed by atoms with Crippen molar-refractivity contribution in [1.82, 2.24) is 10.6 Å². The molecule has 2 aromatic carbocycles. The van der Waals surface area contributed by atoms with Crippen molar-refractivity contribution in [1.29, 1.82) is 0 Å². The van der Waals surface area contributed by atoms with Gasteiger partial charge in [0.2, 0.25) is 0 Å². The average Bonchev–Trinajstić information content (AvgIpc) is 2.81. The third kappa shape index (κ3) is 4.60. The van der Waals surface area contributed by atoms with Crippen molar-refractivity contribution in [3.8, 4) is 0 Å². The summed E-state index contributed by atoms with van der Waals surface area (Å²) in [6.45, 7) is -0.610. The van der Waals surface area contributed by atoms with Crippen LogP contribution in [0.4, 0.5) is 4.79 Å². The Kier molecular flexibility index (Phi) is 5.94. The standard InChI is InChI=1S/C27H28N2O5/c30-23(28-26(33)29-27-13-17-10-18(14-27)12-19(11-17)15-27)16-34-25(32)22-9-5-4-8-21(22)24(31)20-6-2-1-3-7-20/h1-9,17-19H,10-16H2,(H2,28,29,30,33). The smallest absolute Gasteiger partial charge is 0.339 e. The zero-order chi connectivity index (χ0) is 23.7. The molecule has 7 nitrogen and oxygen atoms in total. The lowest BCUT2D eigenvalue weighted by Gasteiger charge is -2.56. The Morgan fingerprint density at radius 1 is 0.794 bits per heavy atom. The largest absolute Gasteiger partial charge is 0.452 e. The van der Waals surface area contributed by atoms with Crippen molar-refractivity contribution in [2.24, 2.45) is 17.8 Å². The summed E-state index contributed by atoms with van der Waals surface area (Å²) >= 11 is 0. The van der Waals surface area contributed by atoms with Crippen LogP contribution in [0.5, 0.6) is 0 Å². The van der Waals surface area contributed by atoms with Gasteiger partial charge >= 0.3 is 12.0 Å². The predicted octanol–water partition coefficient (Wildman–Crippen LogP) is 3.87. The number of ether oxygens (including phenoxy) is 1. The molecule has 0 heterocycles. The first-order valence-electron chi connectivity index (χ1n) is 11.9. The summed E-state index contributed by atoms with van der Waals surface area (Å²) in [6, 6.07) is 14.4. The molecule has 2 N–H and O–H groups in total. The van der Waals surface area contributed by atoms with Crippen molar-refractivity contribution in [2.75, 3.05) is 6.61 Å². The van der Waals surface area contributed by atoms with Crippen LogP contribution in [0.25, 0.3) is 0 Å². The summed E-state index contributed by atoms with van der Waals surface area (Å²) in [6.07, 6.45) is 6.69. The molecule has 0 spiro atoms. The number of esters is 1. The highest BCUT2D eigenvalue weighted by Crippen LogP contribution is 2.55. The van der Waals surface area contributed by atoms with Crippen LogP contribution in [0.15, 0.2) is 54.6 Å². The van der Waals surface area contributed by atoms with Gasteiger partial charge in [0.1, 0.15) is 0 Å². The molecule has 4 bridgehead atoms. The number of benzene rings is 2. The molecule has 6 rings (SSSR count). The summed E-state index contributed by atoms with van der Waals surface area (Å²) in [5.41, 5.74) is 0.495. The second-order valence-electron chi connectivity index (χ2n) is 10.0. The Morgan fingerprint density at radius 3 is 1.97 bits per heavy atom. The first kappa shape index (κ1) is 22.3. The average molecular weight is 461 g/mol. The molecule has 34 heavy (non-hydrogen) atoms. The number of carbonyl (C=O) groups excluding carboxylic acids is 4. The minimum absolute atomic E-state index is 0.0715. The number of carbonyl (C=O) groups is 4. The van der Waals surface area contributed by atoms with E-state index in [9.17, 15) is 19.2 Å². The van der Waals surface area contributed by atoms with Crippen molar-refractivity contribution in [3.63, 3.8) is 0 Å². The van der Waals surface area contributed by atoms with Crippen molar-refractivity contribution in [3.05, 3.63) is 71.3 Å². The van der Waals surface area contributed by atoms with E-state index in [4.69, 9.17) is 4.74 Å². The van der Waals surface area contributed by atoms with E-state index in [-0.39, 0.29) is 22.4 Å². The molecular weight excluding hydrogens is 432 g/mol. The number of amides is 3. The van der Waals surface area contributed by atoms with Crippen LogP contribution in [0, 0.1) is 17.8 Å². The summed E-state index contributed by atoms with van der Waals surface area (Å²) in [5.74, 6) is 0.192. The minimum atomic E-state index is -0.795. The lowest BCUT2D eigenvalue weighted by atomic mass is 9.53. The van der Waals surface area contributed by atoms with Gasteiger partial charge in [-0.05, 0) is 62.3 Å². The number of rotatable bonds is 6. The van der Waals surface area contributed by atoms with Crippen LogP contribution in [0.3, 0.4) is 0 Å². The maximum atomic E-state index is 12.8. The summed E-state index contributed by atoms with van der Waals surface area (Å²) < 4.78 is 5.13. The SMILES string of the molecule is O=C(COC(=O)c1ccccc1C(=O)c1ccccc1)NC(=O)NC12CC3CC(CC(C3)C1)C2. The zero-order valence-corrected chi connectivity index (χ0v) is 18.9. The molecule has 4 aliphatic rings. The molecule has 0 aromatic heterocycles. The molecule has 4 saturated carbocycles. The van der Waals surface area contributed by atoms with Crippen LogP contribution in [-0.2, 0) is 9.53 Å². The fourth-order valence-electron chi connectivity index (χ4n) is 6.51. The molecule has 4 fully saturated rings. The Morgan fingerprint density at radius 2 is 1.35 bits per heavy atom. The lowest BCUT2D eigenvalue weighted by Crippen LogP contribution is -2.62. The number of hydrogen-bond acceptors (Lipinski definition) is 5. The zero-order valence-electron chi connectivity index (χ0n) is 18.9. The Hall–Kier alpha value is -3.48. The second-order valence-corrected chi connectivity index (χ2v) is 10.0. The molecule has 3 amide bonds. The highest BCUT2D eigenvalue weighted by molar-refractivity contribution is 6.14. The van der Waals surface area contributed by atoms with E-state index >= 15 is 0 Å². The molecule has 0 radical (unpaired) electrons. The first-order valence-corrected chi connectivity index (χ1v) is 11.9. The van der Waals surface area contributed by atoms with E-state index in [0.717, 1.165) is 19.3 Å². The molecule has 4 aliphatic carbocycles. The maximum Gasteiger partial charge on any atom is 0.339 e. The van der Waals surface area contributed by atoms with E-state index < -0.39 is 24.5 Å². The fraction of sp³-hybridized carbons (Fsp3) is 0.407. The molecule has 176 valence electrons. The summed E-state index contributed by atoms with van der Waals surface area (Å²) in [7, 11) is 0. The van der Waals surface area contributed by atoms with Crippen LogP contribution < -0.4 is 10.6 Å². The Labute approximate surface area is 198 Å². The van der Waals surface area contributed by atoms with Crippen molar-refractivity contribution >= 4 is 23.7 Å². The van der Waals surface area contributed by atoms with E-state index in [1.54, 1.807) is 48.5 Å². The third-order valence-corrected chi connectivity index (χ3v) is 7.43. The number of urea groups is 1. The van der Waals surface area contributed by atoms with Gasteiger partial charge in [0.05, 0.1) is 5.56 Å². The van der Waals surface area contributed by atoms with Gasteiger partial charge in [-0.15, -0.1) is 0 Å². The van der Waals surface area contributed by atoms with Crippen LogP contribution in [-0.4, -0.2) is 35.8 Å². The highest BCUT2D eigenvalue weighted by Gasteiger charge is 2.51. The number of hydrogen-bond donors (Lipinski definition) is 2.